The molecule has 4 rings (SSSR count). The van der Waals surface area contributed by atoms with E-state index in [1.807, 2.05) is 91.5 Å². The van der Waals surface area contributed by atoms with Crippen LogP contribution in [-0.2, 0) is 13.1 Å². The smallest absolute Gasteiger partial charge is 0.319 e. The maximum atomic E-state index is 13.0. The van der Waals surface area contributed by atoms with Crippen molar-refractivity contribution >= 4 is 17.6 Å². The Morgan fingerprint density at radius 2 is 1.60 bits per heavy atom. The number of hydrogen-bond acceptors (Lipinski definition) is 3. The van der Waals surface area contributed by atoms with Gasteiger partial charge in [0.05, 0.1) is 6.54 Å². The van der Waals surface area contributed by atoms with Crippen LogP contribution in [-0.4, -0.2) is 27.8 Å². The number of amides is 3. The number of aromatic nitrogens is 2. The molecule has 0 aliphatic carbocycles. The van der Waals surface area contributed by atoms with Gasteiger partial charge in [-0.05, 0) is 60.4 Å². The van der Waals surface area contributed by atoms with Gasteiger partial charge in [-0.2, -0.15) is 5.10 Å². The molecule has 3 amide bonds. The quantitative estimate of drug-likeness (QED) is 0.339. The van der Waals surface area contributed by atoms with Gasteiger partial charge in [-0.1, -0.05) is 54.6 Å². The monoisotopic (exact) mass is 467 g/mol. The molecule has 1 heterocycles. The second-order valence-electron chi connectivity index (χ2n) is 8.58. The summed E-state index contributed by atoms with van der Waals surface area (Å²) < 4.78 is 1.87. The molecule has 4 aromatic rings. The minimum Gasteiger partial charge on any atom is -0.348 e. The predicted molar refractivity (Wildman–Crippen MR) is 138 cm³/mol. The number of nitrogens with one attached hydrogen (secondary N) is 3. The van der Waals surface area contributed by atoms with Crippen LogP contribution in [0.15, 0.2) is 91.3 Å². The fraction of sp³-hybridized carbons (Fsp3) is 0.179. The topological polar surface area (TPSA) is 88.0 Å². The van der Waals surface area contributed by atoms with Crippen LogP contribution in [0.1, 0.15) is 35.3 Å². The summed E-state index contributed by atoms with van der Waals surface area (Å²) in [7, 11) is 0. The van der Waals surface area contributed by atoms with Gasteiger partial charge in [-0.25, -0.2) is 4.79 Å². The van der Waals surface area contributed by atoms with Gasteiger partial charge in [0.1, 0.15) is 0 Å². The fourth-order valence-electron chi connectivity index (χ4n) is 3.72. The number of benzene rings is 3. The van der Waals surface area contributed by atoms with Crippen LogP contribution in [0, 0.1) is 0 Å². The summed E-state index contributed by atoms with van der Waals surface area (Å²) in [5.74, 6) is -0.139. The average Bonchev–Trinajstić information content (AvgIpc) is 3.36. The van der Waals surface area contributed by atoms with Crippen LogP contribution < -0.4 is 16.0 Å². The van der Waals surface area contributed by atoms with E-state index in [1.54, 1.807) is 6.20 Å². The average molecular weight is 468 g/mol. The van der Waals surface area contributed by atoms with Crippen LogP contribution in [0.5, 0.6) is 0 Å². The number of urea groups is 1. The summed E-state index contributed by atoms with van der Waals surface area (Å²) in [5, 5.41) is 12.8. The lowest BCUT2D eigenvalue weighted by atomic mass is 9.98. The third-order valence-electron chi connectivity index (χ3n) is 5.43. The van der Waals surface area contributed by atoms with Crippen molar-refractivity contribution < 1.29 is 9.59 Å². The van der Waals surface area contributed by atoms with Gasteiger partial charge in [0.2, 0.25) is 0 Å². The SMILES string of the molecule is CC(C)NC(=O)Nc1ccc(CNC(=O)c2ccccc2-c2ccc(Cn3cccn3)cc2)cc1. The number of hydrogen-bond donors (Lipinski definition) is 3. The van der Waals surface area contributed by atoms with Crippen molar-refractivity contribution in [2.24, 2.45) is 0 Å². The second kappa shape index (κ2) is 11.2. The second-order valence-corrected chi connectivity index (χ2v) is 8.58. The van der Waals surface area contributed by atoms with E-state index in [0.717, 1.165) is 22.3 Å². The molecule has 0 spiro atoms. The highest BCUT2D eigenvalue weighted by Crippen LogP contribution is 2.24. The molecule has 0 atom stereocenters. The van der Waals surface area contributed by atoms with E-state index in [1.165, 1.54) is 0 Å². The van der Waals surface area contributed by atoms with Gasteiger partial charge in [0.15, 0.2) is 0 Å². The Hall–Kier alpha value is -4.39. The predicted octanol–water partition coefficient (Wildman–Crippen LogP) is 5.06. The van der Waals surface area contributed by atoms with Crippen LogP contribution >= 0.6 is 0 Å². The van der Waals surface area contributed by atoms with Crippen LogP contribution in [0.3, 0.4) is 0 Å². The van der Waals surface area contributed by atoms with E-state index in [9.17, 15) is 9.59 Å². The minimum atomic E-state index is -0.243. The van der Waals surface area contributed by atoms with Gasteiger partial charge in [-0.3, -0.25) is 9.48 Å². The van der Waals surface area contributed by atoms with Crippen molar-refractivity contribution in [1.82, 2.24) is 20.4 Å². The minimum absolute atomic E-state index is 0.0624. The Balaban J connectivity index is 1.39. The Kier molecular flexibility index (Phi) is 7.57. The third kappa shape index (κ3) is 6.57. The first-order valence-electron chi connectivity index (χ1n) is 11.6. The van der Waals surface area contributed by atoms with Gasteiger partial charge < -0.3 is 16.0 Å². The molecule has 0 aliphatic heterocycles. The number of nitrogens with zero attached hydrogens (tertiary/aromatic N) is 2. The van der Waals surface area contributed by atoms with Gasteiger partial charge in [-0.15, -0.1) is 0 Å². The Labute approximate surface area is 205 Å². The van der Waals surface area contributed by atoms with Crippen molar-refractivity contribution in [3.63, 3.8) is 0 Å². The van der Waals surface area contributed by atoms with Crippen molar-refractivity contribution in [3.05, 3.63) is 108 Å². The molecular weight excluding hydrogens is 438 g/mol. The van der Waals surface area contributed by atoms with E-state index in [0.29, 0.717) is 24.3 Å². The summed E-state index contributed by atoms with van der Waals surface area (Å²) in [4.78, 5) is 24.9. The highest BCUT2D eigenvalue weighted by molar-refractivity contribution is 6.00. The zero-order valence-electron chi connectivity index (χ0n) is 19.9. The Bertz CT molecular complexity index is 1260. The van der Waals surface area contributed by atoms with E-state index in [-0.39, 0.29) is 18.0 Å². The molecule has 0 fully saturated rings. The largest absolute Gasteiger partial charge is 0.348 e. The van der Waals surface area contributed by atoms with E-state index >= 15 is 0 Å². The normalized spacial score (nSPS) is 10.7. The lowest BCUT2D eigenvalue weighted by Gasteiger charge is -2.12. The van der Waals surface area contributed by atoms with Crippen LogP contribution in [0.25, 0.3) is 11.1 Å². The van der Waals surface area contributed by atoms with Gasteiger partial charge in [0.25, 0.3) is 5.91 Å². The van der Waals surface area contributed by atoms with Crippen molar-refractivity contribution in [1.29, 1.82) is 0 Å². The summed E-state index contributed by atoms with van der Waals surface area (Å²) in [6.45, 7) is 4.89. The van der Waals surface area contributed by atoms with Crippen LogP contribution in [0.4, 0.5) is 10.5 Å². The molecular formula is C28H29N5O2. The highest BCUT2D eigenvalue weighted by atomic mass is 16.2. The summed E-state index contributed by atoms with van der Waals surface area (Å²) in [6.07, 6.45) is 3.70. The maximum absolute atomic E-state index is 13.0. The molecule has 3 N–H and O–H groups in total. The Morgan fingerprint density at radius 1 is 0.886 bits per heavy atom. The fourth-order valence-corrected chi connectivity index (χ4v) is 3.72. The molecule has 0 bridgehead atoms. The number of anilines is 1. The molecule has 178 valence electrons. The number of rotatable bonds is 8. The van der Waals surface area contributed by atoms with E-state index in [4.69, 9.17) is 0 Å². The third-order valence-corrected chi connectivity index (χ3v) is 5.43. The standard InChI is InChI=1S/C28H29N5O2/c1-20(2)31-28(35)32-24-14-10-21(11-15-24)18-29-27(34)26-7-4-3-6-25(26)23-12-8-22(9-13-23)19-33-17-5-16-30-33/h3-17,20H,18-19H2,1-2H3,(H,29,34)(H2,31,32,35). The van der Waals surface area contributed by atoms with Crippen LogP contribution in [0.2, 0.25) is 0 Å². The zero-order chi connectivity index (χ0) is 24.6. The molecule has 0 radical (unpaired) electrons. The van der Waals surface area contributed by atoms with Crippen molar-refractivity contribution in [3.8, 4) is 11.1 Å². The molecule has 0 unspecified atom stereocenters. The summed E-state index contributed by atoms with van der Waals surface area (Å²) in [5.41, 5.74) is 5.25. The molecule has 0 saturated carbocycles. The lowest BCUT2D eigenvalue weighted by molar-refractivity contribution is 0.0951. The molecule has 3 aromatic carbocycles. The van der Waals surface area contributed by atoms with E-state index in [2.05, 4.69) is 33.2 Å². The van der Waals surface area contributed by atoms with Gasteiger partial charge in [0, 0.05) is 36.2 Å². The molecule has 0 aliphatic rings. The van der Waals surface area contributed by atoms with Crippen molar-refractivity contribution in [2.45, 2.75) is 33.0 Å². The molecule has 7 heteroatoms. The molecule has 7 nitrogen and oxygen atoms in total. The first-order chi connectivity index (χ1) is 17.0. The van der Waals surface area contributed by atoms with Gasteiger partial charge >= 0.3 is 6.03 Å². The lowest BCUT2D eigenvalue weighted by Crippen LogP contribution is -2.34. The first kappa shape index (κ1) is 23.8. The van der Waals surface area contributed by atoms with E-state index < -0.39 is 0 Å². The molecule has 35 heavy (non-hydrogen) atoms. The summed E-state index contributed by atoms with van der Waals surface area (Å²) in [6, 6.07) is 24.9. The maximum Gasteiger partial charge on any atom is 0.319 e. The number of carbonyl (C=O) groups excluding carboxylic acids is 2. The first-order valence-corrected chi connectivity index (χ1v) is 11.6. The zero-order valence-corrected chi connectivity index (χ0v) is 19.9. The highest BCUT2D eigenvalue weighted by Gasteiger charge is 2.12. The Morgan fingerprint density at radius 3 is 2.29 bits per heavy atom. The van der Waals surface area contributed by atoms with Crippen molar-refractivity contribution in [2.75, 3.05) is 5.32 Å². The molecule has 1 aromatic heterocycles. The number of carbonyl (C=O) groups is 2. The molecule has 0 saturated heterocycles. The summed E-state index contributed by atoms with van der Waals surface area (Å²) >= 11 is 0.